The number of hydrogen-bond donors (Lipinski definition) is 1. The van der Waals surface area contributed by atoms with Crippen LogP contribution in [-0.4, -0.2) is 58.6 Å². The number of rotatable bonds is 6. The van der Waals surface area contributed by atoms with Gasteiger partial charge in [-0.15, -0.1) is 0 Å². The Labute approximate surface area is 190 Å². The standard InChI is InChI=1S/C26H33N3O3/c1-19-4-9-24(27-14-19)26(31)11-10-21-16-28(17-23(21)26)15-20-5-7-22(8-6-20)32-18-25(30)29-12-2-3-13-29/h4-9,14,21,23,31H,2-3,10-13,15-18H2,1H3/t21-,23+,26-/m0/s1. The highest BCUT2D eigenvalue weighted by molar-refractivity contribution is 5.78. The van der Waals surface area contributed by atoms with E-state index in [2.05, 4.69) is 22.0 Å². The Hall–Kier alpha value is -2.44. The van der Waals surface area contributed by atoms with Gasteiger partial charge in [0.15, 0.2) is 6.61 Å². The van der Waals surface area contributed by atoms with E-state index in [0.29, 0.717) is 5.92 Å². The van der Waals surface area contributed by atoms with Crippen molar-refractivity contribution in [1.82, 2.24) is 14.8 Å². The van der Waals surface area contributed by atoms with Crippen molar-refractivity contribution in [1.29, 1.82) is 0 Å². The number of likely N-dealkylation sites (tertiary alicyclic amines) is 2. The Kier molecular flexibility index (Phi) is 5.91. The lowest BCUT2D eigenvalue weighted by Gasteiger charge is -2.30. The number of hydrogen-bond acceptors (Lipinski definition) is 5. The monoisotopic (exact) mass is 435 g/mol. The number of benzene rings is 1. The molecule has 170 valence electrons. The molecule has 1 amide bonds. The van der Waals surface area contributed by atoms with Crippen LogP contribution in [0.25, 0.3) is 0 Å². The van der Waals surface area contributed by atoms with E-state index in [0.717, 1.165) is 75.4 Å². The van der Waals surface area contributed by atoms with Gasteiger partial charge in [0, 0.05) is 44.8 Å². The van der Waals surface area contributed by atoms with Crippen molar-refractivity contribution >= 4 is 5.91 Å². The second-order valence-corrected chi connectivity index (χ2v) is 9.76. The molecule has 1 aromatic heterocycles. The molecule has 0 unspecified atom stereocenters. The van der Waals surface area contributed by atoms with Crippen molar-refractivity contribution in [3.63, 3.8) is 0 Å². The van der Waals surface area contributed by atoms with Gasteiger partial charge in [0.25, 0.3) is 5.91 Å². The number of pyridine rings is 1. The molecular formula is C26H33N3O3. The Morgan fingerprint density at radius 2 is 1.94 bits per heavy atom. The van der Waals surface area contributed by atoms with E-state index in [1.807, 2.05) is 42.3 Å². The fraction of sp³-hybridized carbons (Fsp3) is 0.538. The molecule has 1 aromatic carbocycles. The first kappa shape index (κ1) is 21.4. The average Bonchev–Trinajstić information content (AvgIpc) is 3.53. The summed E-state index contributed by atoms with van der Waals surface area (Å²) >= 11 is 0. The van der Waals surface area contributed by atoms with Crippen LogP contribution in [0.3, 0.4) is 0 Å². The van der Waals surface area contributed by atoms with E-state index in [1.54, 1.807) is 0 Å². The van der Waals surface area contributed by atoms with Gasteiger partial charge < -0.3 is 14.7 Å². The molecule has 1 saturated carbocycles. The fourth-order valence-electron chi connectivity index (χ4n) is 5.71. The smallest absolute Gasteiger partial charge is 0.260 e. The average molecular weight is 436 g/mol. The first-order chi connectivity index (χ1) is 15.5. The van der Waals surface area contributed by atoms with Gasteiger partial charge in [0.1, 0.15) is 11.4 Å². The number of aromatic nitrogens is 1. The summed E-state index contributed by atoms with van der Waals surface area (Å²) in [4.78, 5) is 21.0. The first-order valence-electron chi connectivity index (χ1n) is 11.9. The van der Waals surface area contributed by atoms with E-state index < -0.39 is 5.60 Å². The topological polar surface area (TPSA) is 65.9 Å². The molecule has 2 aliphatic heterocycles. The first-order valence-corrected chi connectivity index (χ1v) is 11.9. The molecule has 6 nitrogen and oxygen atoms in total. The minimum absolute atomic E-state index is 0.0748. The molecule has 3 aliphatic rings. The SMILES string of the molecule is Cc1ccc([C@]2(O)CC[C@H]3CN(Cc4ccc(OCC(=O)N5CCCC5)cc4)C[C@H]32)nc1. The Morgan fingerprint density at radius 1 is 1.16 bits per heavy atom. The van der Waals surface area contributed by atoms with Crippen LogP contribution in [0.5, 0.6) is 5.75 Å². The number of aliphatic hydroxyl groups is 1. The van der Waals surface area contributed by atoms with Crippen LogP contribution in [0.2, 0.25) is 0 Å². The molecule has 2 aromatic rings. The van der Waals surface area contributed by atoms with Gasteiger partial charge in [-0.25, -0.2) is 0 Å². The largest absolute Gasteiger partial charge is 0.484 e. The Bertz CT molecular complexity index is 940. The summed E-state index contributed by atoms with van der Waals surface area (Å²) in [5.41, 5.74) is 2.35. The lowest BCUT2D eigenvalue weighted by molar-refractivity contribution is -0.132. The second-order valence-electron chi connectivity index (χ2n) is 9.76. The highest BCUT2D eigenvalue weighted by atomic mass is 16.5. The molecule has 32 heavy (non-hydrogen) atoms. The van der Waals surface area contributed by atoms with Crippen LogP contribution >= 0.6 is 0 Å². The van der Waals surface area contributed by atoms with Gasteiger partial charge in [-0.05, 0) is 67.9 Å². The highest BCUT2D eigenvalue weighted by Gasteiger charge is 2.53. The minimum atomic E-state index is -0.813. The van der Waals surface area contributed by atoms with Crippen molar-refractivity contribution in [2.75, 3.05) is 32.8 Å². The Balaban J connectivity index is 1.16. The van der Waals surface area contributed by atoms with Gasteiger partial charge in [0.2, 0.25) is 0 Å². The predicted octanol–water partition coefficient (Wildman–Crippen LogP) is 3.12. The molecule has 3 fully saturated rings. The summed E-state index contributed by atoms with van der Waals surface area (Å²) in [6, 6.07) is 12.1. The third kappa shape index (κ3) is 4.26. The summed E-state index contributed by atoms with van der Waals surface area (Å²) in [6.07, 6.45) is 5.89. The molecular weight excluding hydrogens is 402 g/mol. The molecule has 3 atom stereocenters. The third-order valence-electron chi connectivity index (χ3n) is 7.53. The summed E-state index contributed by atoms with van der Waals surface area (Å²) in [7, 11) is 0. The molecule has 0 spiro atoms. The van der Waals surface area contributed by atoms with Gasteiger partial charge in [-0.2, -0.15) is 0 Å². The quantitative estimate of drug-likeness (QED) is 0.755. The molecule has 3 heterocycles. The van der Waals surface area contributed by atoms with Crippen LogP contribution in [0, 0.1) is 18.8 Å². The number of carbonyl (C=O) groups excluding carboxylic acids is 1. The number of fused-ring (bicyclic) bond motifs is 1. The van der Waals surface area contributed by atoms with Crippen LogP contribution in [0.15, 0.2) is 42.6 Å². The molecule has 5 rings (SSSR count). The highest BCUT2D eigenvalue weighted by Crippen LogP contribution is 2.50. The van der Waals surface area contributed by atoms with Crippen LogP contribution in [-0.2, 0) is 16.9 Å². The normalized spacial score (nSPS) is 27.6. The maximum Gasteiger partial charge on any atom is 0.260 e. The summed E-state index contributed by atoms with van der Waals surface area (Å²) in [5.74, 6) is 1.56. The number of carbonyl (C=O) groups is 1. The molecule has 0 radical (unpaired) electrons. The zero-order valence-electron chi connectivity index (χ0n) is 18.9. The van der Waals surface area contributed by atoms with E-state index in [-0.39, 0.29) is 18.4 Å². The van der Waals surface area contributed by atoms with Crippen molar-refractivity contribution in [3.8, 4) is 5.75 Å². The number of nitrogens with zero attached hydrogens (tertiary/aromatic N) is 3. The molecule has 2 saturated heterocycles. The van der Waals surface area contributed by atoms with E-state index in [4.69, 9.17) is 4.74 Å². The van der Waals surface area contributed by atoms with E-state index >= 15 is 0 Å². The maximum absolute atomic E-state index is 12.2. The summed E-state index contributed by atoms with van der Waals surface area (Å²) < 4.78 is 5.71. The summed E-state index contributed by atoms with van der Waals surface area (Å²) in [6.45, 7) is 6.61. The van der Waals surface area contributed by atoms with E-state index in [1.165, 1.54) is 5.56 Å². The number of aryl methyl sites for hydroxylation is 1. The molecule has 1 aliphatic carbocycles. The van der Waals surface area contributed by atoms with Gasteiger partial charge in [-0.1, -0.05) is 18.2 Å². The predicted molar refractivity (Wildman–Crippen MR) is 122 cm³/mol. The second kappa shape index (κ2) is 8.83. The minimum Gasteiger partial charge on any atom is -0.484 e. The van der Waals surface area contributed by atoms with Crippen molar-refractivity contribution in [2.45, 2.75) is 44.8 Å². The van der Waals surface area contributed by atoms with Crippen LogP contribution in [0.4, 0.5) is 0 Å². The molecule has 6 heteroatoms. The van der Waals surface area contributed by atoms with Crippen LogP contribution in [0.1, 0.15) is 42.5 Å². The molecule has 0 bridgehead atoms. The fourth-order valence-corrected chi connectivity index (χ4v) is 5.71. The maximum atomic E-state index is 12.2. The van der Waals surface area contributed by atoms with Gasteiger partial charge >= 0.3 is 0 Å². The molecule has 1 N–H and O–H groups in total. The number of amides is 1. The lowest BCUT2D eigenvalue weighted by Crippen LogP contribution is -2.35. The zero-order chi connectivity index (χ0) is 22.1. The zero-order valence-corrected chi connectivity index (χ0v) is 18.9. The lowest BCUT2D eigenvalue weighted by atomic mass is 9.85. The van der Waals surface area contributed by atoms with Crippen LogP contribution < -0.4 is 4.74 Å². The van der Waals surface area contributed by atoms with E-state index in [9.17, 15) is 9.90 Å². The summed E-state index contributed by atoms with van der Waals surface area (Å²) in [5, 5.41) is 11.5. The number of ether oxygens (including phenoxy) is 1. The van der Waals surface area contributed by atoms with Crippen molar-refractivity contribution in [3.05, 3.63) is 59.4 Å². The van der Waals surface area contributed by atoms with Crippen molar-refractivity contribution < 1.29 is 14.6 Å². The Morgan fingerprint density at radius 3 is 2.66 bits per heavy atom. The third-order valence-corrected chi connectivity index (χ3v) is 7.53. The van der Waals surface area contributed by atoms with Crippen molar-refractivity contribution in [2.24, 2.45) is 11.8 Å². The van der Waals surface area contributed by atoms with Gasteiger partial charge in [-0.3, -0.25) is 14.7 Å². The van der Waals surface area contributed by atoms with Gasteiger partial charge in [0.05, 0.1) is 5.69 Å².